The first-order valence-electron chi connectivity index (χ1n) is 10.2. The van der Waals surface area contributed by atoms with Gasteiger partial charge in [-0.1, -0.05) is 25.7 Å². The second kappa shape index (κ2) is 12.0. The number of hydrogen-bond donors (Lipinski definition) is 2. The van der Waals surface area contributed by atoms with Crippen LogP contribution in [0.3, 0.4) is 0 Å². The third kappa shape index (κ3) is 6.03. The summed E-state index contributed by atoms with van der Waals surface area (Å²) in [5, 5.41) is 6.49. The van der Waals surface area contributed by atoms with Gasteiger partial charge in [0.1, 0.15) is 13.2 Å². The Hall–Kier alpha value is -1.96. The number of carbonyl (C=O) groups excluding carboxylic acids is 1. The highest BCUT2D eigenvalue weighted by atomic mass is 35.5. The summed E-state index contributed by atoms with van der Waals surface area (Å²) in [6.07, 6.45) is 9.01. The van der Waals surface area contributed by atoms with Crippen LogP contribution in [0.4, 0.5) is 0 Å². The second-order valence-corrected chi connectivity index (χ2v) is 7.29. The molecule has 2 heterocycles. The molecule has 1 aliphatic heterocycles. The molecule has 2 aliphatic rings. The molecule has 2 aromatic rings. The topological polar surface area (TPSA) is 85.6 Å². The summed E-state index contributed by atoms with van der Waals surface area (Å²) >= 11 is 0. The molecule has 166 valence electrons. The van der Waals surface area contributed by atoms with Gasteiger partial charge in [-0.2, -0.15) is 0 Å². The lowest BCUT2D eigenvalue weighted by molar-refractivity contribution is 0.0949. The normalized spacial score (nSPS) is 16.0. The number of nitrogens with zero attached hydrogens (tertiary/aromatic N) is 1. The Morgan fingerprint density at radius 3 is 2.50 bits per heavy atom. The van der Waals surface area contributed by atoms with E-state index in [9.17, 15) is 4.79 Å². The summed E-state index contributed by atoms with van der Waals surface area (Å²) in [5.41, 5.74) is 1.02. The Labute approximate surface area is 189 Å². The van der Waals surface area contributed by atoms with Crippen LogP contribution >= 0.6 is 24.8 Å². The van der Waals surface area contributed by atoms with Gasteiger partial charge < -0.3 is 24.5 Å². The van der Waals surface area contributed by atoms with Crippen molar-refractivity contribution in [3.63, 3.8) is 0 Å². The lowest BCUT2D eigenvalue weighted by Gasteiger charge is -2.18. The molecule has 0 saturated heterocycles. The molecule has 1 amide bonds. The quantitative estimate of drug-likeness (QED) is 0.503. The Bertz CT molecular complexity index is 807. The SMILES string of the molecule is Cl.Cl.O=C(NCCNC1CCCCCC1)c1ncoc1-c1ccc2c(c1)OCCO2. The number of hydrogen-bond acceptors (Lipinski definition) is 6. The van der Waals surface area contributed by atoms with Crippen LogP contribution in [0.5, 0.6) is 11.5 Å². The number of fused-ring (bicyclic) bond motifs is 1. The zero-order chi connectivity index (χ0) is 19.2. The van der Waals surface area contributed by atoms with Crippen molar-refractivity contribution < 1.29 is 18.7 Å². The number of nitrogens with one attached hydrogen (secondary N) is 2. The standard InChI is InChI=1S/C21H27N3O4.2ClH/c25-21(23-10-9-22-16-5-3-1-2-4-6-16)19-20(28-14-24-19)15-7-8-17-18(13-15)27-12-11-26-17;;/h7-8,13-14,16,22H,1-6,9-12H2,(H,23,25);2*1H. The molecule has 1 aliphatic carbocycles. The molecule has 4 rings (SSSR count). The molecule has 7 nitrogen and oxygen atoms in total. The maximum Gasteiger partial charge on any atom is 0.273 e. The fraction of sp³-hybridized carbons (Fsp3) is 0.524. The number of aromatic nitrogens is 1. The van der Waals surface area contributed by atoms with Crippen molar-refractivity contribution >= 4 is 30.7 Å². The number of halogens is 2. The van der Waals surface area contributed by atoms with Crippen LogP contribution < -0.4 is 20.1 Å². The van der Waals surface area contributed by atoms with E-state index in [2.05, 4.69) is 15.6 Å². The van der Waals surface area contributed by atoms with Gasteiger partial charge in [-0.05, 0) is 31.0 Å². The zero-order valence-corrected chi connectivity index (χ0v) is 18.5. The smallest absolute Gasteiger partial charge is 0.273 e. The maximum atomic E-state index is 12.6. The van der Waals surface area contributed by atoms with Crippen molar-refractivity contribution in [2.24, 2.45) is 0 Å². The molecule has 0 atom stereocenters. The third-order valence-corrected chi connectivity index (χ3v) is 5.29. The molecular formula is C21H29Cl2N3O4. The van der Waals surface area contributed by atoms with E-state index in [-0.39, 0.29) is 36.4 Å². The summed E-state index contributed by atoms with van der Waals surface area (Å²) < 4.78 is 16.6. The van der Waals surface area contributed by atoms with E-state index in [1.165, 1.54) is 44.9 Å². The van der Waals surface area contributed by atoms with Crippen molar-refractivity contribution in [3.8, 4) is 22.8 Å². The molecule has 9 heteroatoms. The molecular weight excluding hydrogens is 429 g/mol. The Kier molecular flexibility index (Phi) is 9.75. The molecule has 30 heavy (non-hydrogen) atoms. The van der Waals surface area contributed by atoms with E-state index in [0.717, 1.165) is 12.1 Å². The van der Waals surface area contributed by atoms with Crippen LogP contribution in [0.25, 0.3) is 11.3 Å². The van der Waals surface area contributed by atoms with E-state index in [0.29, 0.717) is 43.1 Å². The number of benzene rings is 1. The van der Waals surface area contributed by atoms with Gasteiger partial charge in [-0.15, -0.1) is 24.8 Å². The third-order valence-electron chi connectivity index (χ3n) is 5.29. The Morgan fingerprint density at radius 2 is 1.73 bits per heavy atom. The predicted molar refractivity (Wildman–Crippen MR) is 119 cm³/mol. The first-order valence-corrected chi connectivity index (χ1v) is 10.2. The second-order valence-electron chi connectivity index (χ2n) is 7.29. The van der Waals surface area contributed by atoms with Gasteiger partial charge in [0.05, 0.1) is 0 Å². The molecule has 2 N–H and O–H groups in total. The van der Waals surface area contributed by atoms with Gasteiger partial charge >= 0.3 is 0 Å². The summed E-state index contributed by atoms with van der Waals surface area (Å²) in [7, 11) is 0. The molecule has 0 unspecified atom stereocenters. The van der Waals surface area contributed by atoms with E-state index < -0.39 is 0 Å². The van der Waals surface area contributed by atoms with Crippen LogP contribution in [0.1, 0.15) is 49.0 Å². The van der Waals surface area contributed by atoms with Crippen LogP contribution in [-0.2, 0) is 0 Å². The van der Waals surface area contributed by atoms with Crippen LogP contribution in [0, 0.1) is 0 Å². The van der Waals surface area contributed by atoms with Gasteiger partial charge in [-0.25, -0.2) is 4.98 Å². The van der Waals surface area contributed by atoms with E-state index in [4.69, 9.17) is 13.9 Å². The highest BCUT2D eigenvalue weighted by Gasteiger charge is 2.21. The van der Waals surface area contributed by atoms with Crippen molar-refractivity contribution in [3.05, 3.63) is 30.3 Å². The van der Waals surface area contributed by atoms with Crippen molar-refractivity contribution in [1.29, 1.82) is 0 Å². The largest absolute Gasteiger partial charge is 0.486 e. The average Bonchev–Trinajstić information content (AvgIpc) is 3.08. The number of amides is 1. The number of ether oxygens (including phenoxy) is 2. The number of oxazole rings is 1. The predicted octanol–water partition coefficient (Wildman–Crippen LogP) is 4.00. The molecule has 0 radical (unpaired) electrons. The average molecular weight is 458 g/mol. The van der Waals surface area contributed by atoms with Gasteiger partial charge in [0.25, 0.3) is 5.91 Å². The summed E-state index contributed by atoms with van der Waals surface area (Å²) in [6, 6.07) is 6.06. The molecule has 1 saturated carbocycles. The zero-order valence-electron chi connectivity index (χ0n) is 16.9. The molecule has 1 aromatic heterocycles. The highest BCUT2D eigenvalue weighted by Crippen LogP contribution is 2.35. The van der Waals surface area contributed by atoms with Gasteiger partial charge in [0.2, 0.25) is 0 Å². The Balaban J connectivity index is 0.00000160. The van der Waals surface area contributed by atoms with E-state index in [1.807, 2.05) is 18.2 Å². The van der Waals surface area contributed by atoms with Crippen LogP contribution in [-0.4, -0.2) is 43.2 Å². The lowest BCUT2D eigenvalue weighted by Crippen LogP contribution is -2.37. The monoisotopic (exact) mass is 457 g/mol. The molecule has 1 fully saturated rings. The van der Waals surface area contributed by atoms with E-state index >= 15 is 0 Å². The van der Waals surface area contributed by atoms with Gasteiger partial charge in [0.15, 0.2) is 29.3 Å². The first kappa shape index (κ1) is 24.3. The van der Waals surface area contributed by atoms with Crippen LogP contribution in [0.2, 0.25) is 0 Å². The fourth-order valence-corrected chi connectivity index (χ4v) is 3.82. The molecule has 0 bridgehead atoms. The Morgan fingerprint density at radius 1 is 1.00 bits per heavy atom. The van der Waals surface area contributed by atoms with Gasteiger partial charge in [0, 0.05) is 24.7 Å². The van der Waals surface area contributed by atoms with Crippen molar-refractivity contribution in [2.75, 3.05) is 26.3 Å². The maximum absolute atomic E-state index is 12.6. The lowest BCUT2D eigenvalue weighted by atomic mass is 10.1. The summed E-state index contributed by atoms with van der Waals surface area (Å²) in [6.45, 7) is 2.36. The van der Waals surface area contributed by atoms with E-state index in [1.54, 1.807) is 0 Å². The fourth-order valence-electron chi connectivity index (χ4n) is 3.82. The molecule has 1 aromatic carbocycles. The van der Waals surface area contributed by atoms with Crippen LogP contribution in [0.15, 0.2) is 29.0 Å². The van der Waals surface area contributed by atoms with Crippen molar-refractivity contribution in [1.82, 2.24) is 15.6 Å². The summed E-state index contributed by atoms with van der Waals surface area (Å²) in [4.78, 5) is 16.7. The first-order chi connectivity index (χ1) is 13.8. The summed E-state index contributed by atoms with van der Waals surface area (Å²) in [5.74, 6) is 1.55. The molecule has 0 spiro atoms. The van der Waals surface area contributed by atoms with Gasteiger partial charge in [-0.3, -0.25) is 4.79 Å². The minimum absolute atomic E-state index is 0. The number of carbonyl (C=O) groups is 1. The highest BCUT2D eigenvalue weighted by molar-refractivity contribution is 5.97. The van der Waals surface area contributed by atoms with Crippen molar-refractivity contribution in [2.45, 2.75) is 44.6 Å². The minimum Gasteiger partial charge on any atom is -0.486 e. The number of rotatable bonds is 6. The minimum atomic E-state index is -0.235.